The Morgan fingerprint density at radius 3 is 2.46 bits per heavy atom. The quantitative estimate of drug-likeness (QED) is 0.828. The average molecular weight is 351 g/mol. The first-order chi connectivity index (χ1) is 12.6. The molecule has 0 heterocycles. The van der Waals surface area contributed by atoms with Gasteiger partial charge in [-0.25, -0.2) is 4.79 Å². The van der Waals surface area contributed by atoms with Gasteiger partial charge in [0.1, 0.15) is 0 Å². The van der Waals surface area contributed by atoms with Gasteiger partial charge in [0.05, 0.1) is 0 Å². The molecule has 0 aliphatic heterocycles. The number of aryl methyl sites for hydroxylation is 1. The normalized spacial score (nSPS) is 13.2. The molecule has 1 fully saturated rings. The van der Waals surface area contributed by atoms with Crippen molar-refractivity contribution in [1.82, 2.24) is 10.2 Å². The van der Waals surface area contributed by atoms with E-state index in [0.29, 0.717) is 24.7 Å². The highest BCUT2D eigenvalue weighted by Crippen LogP contribution is 2.29. The first kappa shape index (κ1) is 18.0. The molecule has 5 heteroatoms. The van der Waals surface area contributed by atoms with E-state index < -0.39 is 0 Å². The number of carbonyl (C=O) groups excluding carboxylic acids is 2. The third-order valence-corrected chi connectivity index (χ3v) is 4.51. The molecule has 1 saturated carbocycles. The van der Waals surface area contributed by atoms with Crippen molar-refractivity contribution < 1.29 is 9.59 Å². The van der Waals surface area contributed by atoms with E-state index in [2.05, 4.69) is 10.6 Å². The van der Waals surface area contributed by atoms with Crippen LogP contribution in [0.2, 0.25) is 0 Å². The minimum atomic E-state index is -0.0999. The first-order valence-electron chi connectivity index (χ1n) is 9.09. The number of benzene rings is 2. The summed E-state index contributed by atoms with van der Waals surface area (Å²) in [5.74, 6) is -0.0999. The SMILES string of the molecule is CCNC(=O)c1ccc(NC(=O)N(Cc2ccccc2)C2CC2)c(C)c1. The molecular formula is C21H25N3O2. The van der Waals surface area contributed by atoms with Gasteiger partial charge in [-0.1, -0.05) is 30.3 Å². The summed E-state index contributed by atoms with van der Waals surface area (Å²) in [7, 11) is 0. The van der Waals surface area contributed by atoms with Gasteiger partial charge in [0.15, 0.2) is 0 Å². The molecule has 1 aliphatic carbocycles. The number of nitrogens with zero attached hydrogens (tertiary/aromatic N) is 1. The Morgan fingerprint density at radius 2 is 1.85 bits per heavy atom. The zero-order chi connectivity index (χ0) is 18.5. The molecule has 2 aromatic rings. The fourth-order valence-electron chi connectivity index (χ4n) is 2.93. The van der Waals surface area contributed by atoms with E-state index in [1.54, 1.807) is 18.2 Å². The van der Waals surface area contributed by atoms with Gasteiger partial charge >= 0.3 is 6.03 Å². The van der Waals surface area contributed by atoms with Gasteiger partial charge < -0.3 is 15.5 Å². The smallest absolute Gasteiger partial charge is 0.322 e. The fourth-order valence-corrected chi connectivity index (χ4v) is 2.93. The summed E-state index contributed by atoms with van der Waals surface area (Å²) in [4.78, 5) is 26.6. The Balaban J connectivity index is 1.70. The Labute approximate surface area is 154 Å². The maximum atomic E-state index is 12.8. The summed E-state index contributed by atoms with van der Waals surface area (Å²) >= 11 is 0. The molecule has 1 aliphatic rings. The van der Waals surface area contributed by atoms with E-state index >= 15 is 0 Å². The minimum absolute atomic E-state index is 0.0924. The van der Waals surface area contributed by atoms with Gasteiger partial charge in [0.2, 0.25) is 0 Å². The summed E-state index contributed by atoms with van der Waals surface area (Å²) in [6, 6.07) is 15.6. The van der Waals surface area contributed by atoms with Crippen LogP contribution in [0.5, 0.6) is 0 Å². The van der Waals surface area contributed by atoms with E-state index in [9.17, 15) is 9.59 Å². The van der Waals surface area contributed by atoms with Crippen LogP contribution >= 0.6 is 0 Å². The predicted octanol–water partition coefficient (Wildman–Crippen LogP) is 3.94. The molecule has 0 spiro atoms. The van der Waals surface area contributed by atoms with Crippen LogP contribution in [-0.2, 0) is 6.54 Å². The molecule has 0 radical (unpaired) electrons. The van der Waals surface area contributed by atoms with Crippen LogP contribution in [0.1, 0.15) is 41.3 Å². The number of urea groups is 1. The summed E-state index contributed by atoms with van der Waals surface area (Å²) in [6.45, 7) is 4.98. The lowest BCUT2D eigenvalue weighted by atomic mass is 10.1. The molecule has 26 heavy (non-hydrogen) atoms. The van der Waals surface area contributed by atoms with Crippen LogP contribution in [0.4, 0.5) is 10.5 Å². The molecule has 3 amide bonds. The Hall–Kier alpha value is -2.82. The van der Waals surface area contributed by atoms with Crippen LogP contribution in [0.3, 0.4) is 0 Å². The monoisotopic (exact) mass is 351 g/mol. The van der Waals surface area contributed by atoms with Crippen molar-refractivity contribution in [3.63, 3.8) is 0 Å². The molecule has 5 nitrogen and oxygen atoms in total. The Bertz CT molecular complexity index is 785. The zero-order valence-corrected chi connectivity index (χ0v) is 15.3. The van der Waals surface area contributed by atoms with Gasteiger partial charge in [-0.3, -0.25) is 4.79 Å². The summed E-state index contributed by atoms with van der Waals surface area (Å²) < 4.78 is 0. The lowest BCUT2D eigenvalue weighted by Crippen LogP contribution is -2.36. The van der Waals surface area contributed by atoms with E-state index in [1.165, 1.54) is 0 Å². The molecule has 0 unspecified atom stereocenters. The molecule has 0 bridgehead atoms. The molecular weight excluding hydrogens is 326 g/mol. The molecule has 2 N–H and O–H groups in total. The second-order valence-corrected chi connectivity index (χ2v) is 6.66. The first-order valence-corrected chi connectivity index (χ1v) is 9.09. The molecule has 0 atom stereocenters. The molecule has 3 rings (SSSR count). The second kappa shape index (κ2) is 8.04. The molecule has 136 valence electrons. The van der Waals surface area contributed by atoms with Gasteiger partial charge in [-0.2, -0.15) is 0 Å². The van der Waals surface area contributed by atoms with Crippen LogP contribution in [0.25, 0.3) is 0 Å². The van der Waals surface area contributed by atoms with Crippen molar-refractivity contribution >= 4 is 17.6 Å². The minimum Gasteiger partial charge on any atom is -0.352 e. The highest BCUT2D eigenvalue weighted by Gasteiger charge is 2.32. The van der Waals surface area contributed by atoms with Crippen LogP contribution < -0.4 is 10.6 Å². The third-order valence-electron chi connectivity index (χ3n) is 4.51. The van der Waals surface area contributed by atoms with Crippen LogP contribution in [0.15, 0.2) is 48.5 Å². The standard InChI is InChI=1S/C21H25N3O2/c1-3-22-20(25)17-9-12-19(15(2)13-17)23-21(26)24(18-10-11-18)14-16-7-5-4-6-8-16/h4-9,12-13,18H,3,10-11,14H2,1-2H3,(H,22,25)(H,23,26). The maximum absolute atomic E-state index is 12.8. The number of amides is 3. The van der Waals surface area contributed by atoms with Gasteiger partial charge in [0.25, 0.3) is 5.91 Å². The maximum Gasteiger partial charge on any atom is 0.322 e. The van der Waals surface area contributed by atoms with Crippen molar-refractivity contribution in [1.29, 1.82) is 0 Å². The summed E-state index contributed by atoms with van der Waals surface area (Å²) in [5, 5.41) is 5.79. The fraction of sp³-hybridized carbons (Fsp3) is 0.333. The number of hydrogen-bond acceptors (Lipinski definition) is 2. The van der Waals surface area contributed by atoms with E-state index in [-0.39, 0.29) is 11.9 Å². The highest BCUT2D eigenvalue weighted by atomic mass is 16.2. The predicted molar refractivity (Wildman–Crippen MR) is 103 cm³/mol. The van der Waals surface area contributed by atoms with Gasteiger partial charge in [-0.15, -0.1) is 0 Å². The Morgan fingerprint density at radius 1 is 1.12 bits per heavy atom. The number of rotatable bonds is 6. The van der Waals surface area contributed by atoms with Crippen molar-refractivity contribution in [2.75, 3.05) is 11.9 Å². The van der Waals surface area contributed by atoms with Crippen molar-refractivity contribution in [3.05, 3.63) is 65.2 Å². The number of anilines is 1. The van der Waals surface area contributed by atoms with E-state index in [4.69, 9.17) is 0 Å². The zero-order valence-electron chi connectivity index (χ0n) is 15.3. The van der Waals surface area contributed by atoms with Crippen LogP contribution in [-0.4, -0.2) is 29.4 Å². The largest absolute Gasteiger partial charge is 0.352 e. The number of hydrogen-bond donors (Lipinski definition) is 2. The van der Waals surface area contributed by atoms with Crippen molar-refractivity contribution in [3.8, 4) is 0 Å². The average Bonchev–Trinajstić information content (AvgIpc) is 3.47. The van der Waals surface area contributed by atoms with Gasteiger partial charge in [0, 0.05) is 30.4 Å². The highest BCUT2D eigenvalue weighted by molar-refractivity contribution is 5.96. The topological polar surface area (TPSA) is 61.4 Å². The second-order valence-electron chi connectivity index (χ2n) is 6.66. The Kier molecular flexibility index (Phi) is 5.56. The van der Waals surface area contributed by atoms with Crippen LogP contribution in [0, 0.1) is 6.92 Å². The molecule has 0 saturated heterocycles. The summed E-state index contributed by atoms with van der Waals surface area (Å²) in [6.07, 6.45) is 2.10. The molecule has 0 aromatic heterocycles. The lowest BCUT2D eigenvalue weighted by molar-refractivity contribution is 0.0955. The lowest BCUT2D eigenvalue weighted by Gasteiger charge is -2.23. The van der Waals surface area contributed by atoms with Gasteiger partial charge in [-0.05, 0) is 56.0 Å². The van der Waals surface area contributed by atoms with Crippen molar-refractivity contribution in [2.45, 2.75) is 39.3 Å². The summed E-state index contributed by atoms with van der Waals surface area (Å²) in [5.41, 5.74) is 3.34. The molecule has 2 aromatic carbocycles. The third kappa shape index (κ3) is 4.42. The van der Waals surface area contributed by atoms with Crippen molar-refractivity contribution in [2.24, 2.45) is 0 Å². The van der Waals surface area contributed by atoms with E-state index in [0.717, 1.165) is 29.7 Å². The van der Waals surface area contributed by atoms with E-state index in [1.807, 2.05) is 49.1 Å². The number of nitrogens with one attached hydrogen (secondary N) is 2. The number of carbonyl (C=O) groups is 2.